The number of amides is 1. The van der Waals surface area contributed by atoms with Gasteiger partial charge in [-0.1, -0.05) is 12.1 Å². The van der Waals surface area contributed by atoms with Gasteiger partial charge in [0, 0.05) is 0 Å². The molecule has 76 valence electrons. The Morgan fingerprint density at radius 2 is 2.07 bits per heavy atom. The molecule has 0 aliphatic carbocycles. The molecule has 4 N–H and O–H groups in total. The molecule has 0 fully saturated rings. The lowest BCUT2D eigenvalue weighted by Crippen LogP contribution is -2.38. The standard InChI is InChI=1S/C9H10F2N2O/c10-6-3-1-2-5(8(6)11)4-7(12)9(13)14/h1-3,7H,4,12H2,(H2,13,14). The Morgan fingerprint density at radius 3 is 2.64 bits per heavy atom. The van der Waals surface area contributed by atoms with E-state index in [0.29, 0.717) is 0 Å². The quantitative estimate of drug-likeness (QED) is 0.737. The lowest BCUT2D eigenvalue weighted by Gasteiger charge is -2.08. The maximum atomic E-state index is 13.0. The summed E-state index contributed by atoms with van der Waals surface area (Å²) in [5, 5.41) is 0. The molecule has 1 atom stereocenters. The summed E-state index contributed by atoms with van der Waals surface area (Å²) in [4.78, 5) is 10.6. The van der Waals surface area contributed by atoms with E-state index in [1.807, 2.05) is 0 Å². The average Bonchev–Trinajstić information content (AvgIpc) is 2.12. The number of carbonyl (C=O) groups is 1. The third-order valence-electron chi connectivity index (χ3n) is 1.84. The zero-order valence-corrected chi connectivity index (χ0v) is 7.34. The summed E-state index contributed by atoms with van der Waals surface area (Å²) in [5.41, 5.74) is 10.2. The molecule has 0 aromatic heterocycles. The minimum atomic E-state index is -0.994. The highest BCUT2D eigenvalue weighted by atomic mass is 19.2. The van der Waals surface area contributed by atoms with Crippen LogP contribution in [-0.4, -0.2) is 11.9 Å². The van der Waals surface area contributed by atoms with Crippen LogP contribution in [0.3, 0.4) is 0 Å². The molecule has 5 heteroatoms. The van der Waals surface area contributed by atoms with E-state index in [9.17, 15) is 13.6 Å². The van der Waals surface area contributed by atoms with E-state index in [1.54, 1.807) is 0 Å². The minimum absolute atomic E-state index is 0.0521. The first-order valence-corrected chi connectivity index (χ1v) is 4.00. The number of hydrogen-bond donors (Lipinski definition) is 2. The number of nitrogens with two attached hydrogens (primary N) is 2. The third-order valence-corrected chi connectivity index (χ3v) is 1.84. The molecule has 0 spiro atoms. The van der Waals surface area contributed by atoms with Crippen LogP contribution in [0.2, 0.25) is 0 Å². The molecule has 14 heavy (non-hydrogen) atoms. The molecule has 1 amide bonds. The molecule has 0 saturated carbocycles. The molecule has 0 aliphatic rings. The lowest BCUT2D eigenvalue weighted by molar-refractivity contribution is -0.119. The number of primary amides is 1. The number of hydrogen-bond acceptors (Lipinski definition) is 2. The van der Waals surface area contributed by atoms with Crippen molar-refractivity contribution in [2.45, 2.75) is 12.5 Å². The Morgan fingerprint density at radius 1 is 1.43 bits per heavy atom. The molecule has 1 unspecified atom stereocenters. The van der Waals surface area contributed by atoms with Gasteiger partial charge in [-0.25, -0.2) is 8.78 Å². The van der Waals surface area contributed by atoms with Crippen molar-refractivity contribution in [3.05, 3.63) is 35.4 Å². The molecular weight excluding hydrogens is 190 g/mol. The first kappa shape index (κ1) is 10.6. The molecular formula is C9H10F2N2O. The van der Waals surface area contributed by atoms with E-state index in [4.69, 9.17) is 11.5 Å². The summed E-state index contributed by atoms with van der Waals surface area (Å²) in [7, 11) is 0. The van der Waals surface area contributed by atoms with Crippen LogP contribution >= 0.6 is 0 Å². The normalized spacial score (nSPS) is 12.5. The number of halogens is 2. The zero-order valence-electron chi connectivity index (χ0n) is 7.34. The van der Waals surface area contributed by atoms with Gasteiger partial charge in [0.05, 0.1) is 6.04 Å². The average molecular weight is 200 g/mol. The Hall–Kier alpha value is -1.49. The SMILES string of the molecule is NC(=O)C(N)Cc1cccc(F)c1F. The molecule has 0 heterocycles. The fraction of sp³-hybridized carbons (Fsp3) is 0.222. The van der Waals surface area contributed by atoms with Crippen molar-refractivity contribution in [3.8, 4) is 0 Å². The Labute approximate surface area is 79.7 Å². The van der Waals surface area contributed by atoms with Crippen LogP contribution in [0.5, 0.6) is 0 Å². The summed E-state index contributed by atoms with van der Waals surface area (Å²) in [6.07, 6.45) is -0.0983. The second-order valence-electron chi connectivity index (χ2n) is 2.93. The van der Waals surface area contributed by atoms with Gasteiger partial charge in [0.25, 0.3) is 0 Å². The molecule has 1 aromatic rings. The van der Waals surface area contributed by atoms with E-state index in [-0.39, 0.29) is 12.0 Å². The van der Waals surface area contributed by atoms with Crippen molar-refractivity contribution in [1.82, 2.24) is 0 Å². The number of carbonyl (C=O) groups excluding carboxylic acids is 1. The highest BCUT2D eigenvalue weighted by Gasteiger charge is 2.14. The van der Waals surface area contributed by atoms with E-state index < -0.39 is 23.6 Å². The molecule has 1 aromatic carbocycles. The second-order valence-corrected chi connectivity index (χ2v) is 2.93. The van der Waals surface area contributed by atoms with Crippen LogP contribution in [0.4, 0.5) is 8.78 Å². The van der Waals surface area contributed by atoms with Gasteiger partial charge in [0.2, 0.25) is 5.91 Å². The lowest BCUT2D eigenvalue weighted by atomic mass is 10.1. The Kier molecular flexibility index (Phi) is 3.14. The van der Waals surface area contributed by atoms with Gasteiger partial charge in [0.1, 0.15) is 0 Å². The summed E-state index contributed by atoms with van der Waals surface area (Å²) in [5.74, 6) is -2.68. The molecule has 0 aliphatic heterocycles. The maximum Gasteiger partial charge on any atom is 0.234 e. The third kappa shape index (κ3) is 2.26. The van der Waals surface area contributed by atoms with Crippen molar-refractivity contribution in [2.24, 2.45) is 11.5 Å². The zero-order chi connectivity index (χ0) is 10.7. The molecule has 0 bridgehead atoms. The smallest absolute Gasteiger partial charge is 0.234 e. The van der Waals surface area contributed by atoms with Gasteiger partial charge in [-0.2, -0.15) is 0 Å². The maximum absolute atomic E-state index is 13.0. The predicted molar refractivity (Wildman–Crippen MR) is 47.2 cm³/mol. The summed E-state index contributed by atoms with van der Waals surface area (Å²) in [6.45, 7) is 0. The highest BCUT2D eigenvalue weighted by Crippen LogP contribution is 2.12. The first-order chi connectivity index (χ1) is 6.52. The monoisotopic (exact) mass is 200 g/mol. The molecule has 0 saturated heterocycles. The fourth-order valence-electron chi connectivity index (χ4n) is 1.04. The van der Waals surface area contributed by atoms with Crippen LogP contribution < -0.4 is 11.5 Å². The van der Waals surface area contributed by atoms with Crippen molar-refractivity contribution in [2.75, 3.05) is 0 Å². The number of rotatable bonds is 3. The number of benzene rings is 1. The van der Waals surface area contributed by atoms with Gasteiger partial charge in [-0.05, 0) is 18.1 Å². The largest absolute Gasteiger partial charge is 0.368 e. The summed E-state index contributed by atoms with van der Waals surface area (Å²) >= 11 is 0. The van der Waals surface area contributed by atoms with E-state index in [1.165, 1.54) is 12.1 Å². The van der Waals surface area contributed by atoms with Gasteiger partial charge >= 0.3 is 0 Å². The summed E-state index contributed by atoms with van der Waals surface area (Å²) in [6, 6.07) is 2.71. The Bertz CT molecular complexity index is 355. The van der Waals surface area contributed by atoms with Crippen LogP contribution in [0.25, 0.3) is 0 Å². The van der Waals surface area contributed by atoms with Crippen LogP contribution in [0, 0.1) is 11.6 Å². The van der Waals surface area contributed by atoms with Gasteiger partial charge in [0.15, 0.2) is 11.6 Å². The Balaban J connectivity index is 2.87. The van der Waals surface area contributed by atoms with Gasteiger partial charge in [-0.15, -0.1) is 0 Å². The van der Waals surface area contributed by atoms with Crippen LogP contribution in [0.1, 0.15) is 5.56 Å². The highest BCUT2D eigenvalue weighted by molar-refractivity contribution is 5.79. The van der Waals surface area contributed by atoms with Gasteiger partial charge < -0.3 is 11.5 Å². The topological polar surface area (TPSA) is 69.1 Å². The second kappa shape index (κ2) is 4.15. The van der Waals surface area contributed by atoms with E-state index in [2.05, 4.69) is 0 Å². The van der Waals surface area contributed by atoms with Crippen LogP contribution in [0.15, 0.2) is 18.2 Å². The summed E-state index contributed by atoms with van der Waals surface area (Å²) < 4.78 is 25.7. The van der Waals surface area contributed by atoms with Crippen LogP contribution in [-0.2, 0) is 11.2 Å². The molecule has 3 nitrogen and oxygen atoms in total. The van der Waals surface area contributed by atoms with Crippen molar-refractivity contribution >= 4 is 5.91 Å². The van der Waals surface area contributed by atoms with E-state index in [0.717, 1.165) is 6.07 Å². The van der Waals surface area contributed by atoms with Crippen molar-refractivity contribution < 1.29 is 13.6 Å². The van der Waals surface area contributed by atoms with Gasteiger partial charge in [-0.3, -0.25) is 4.79 Å². The van der Waals surface area contributed by atoms with Crippen molar-refractivity contribution in [3.63, 3.8) is 0 Å². The predicted octanol–water partition coefficient (Wildman–Crippen LogP) is 0.320. The molecule has 0 radical (unpaired) electrons. The fourth-order valence-corrected chi connectivity index (χ4v) is 1.04. The van der Waals surface area contributed by atoms with Crippen molar-refractivity contribution in [1.29, 1.82) is 0 Å². The minimum Gasteiger partial charge on any atom is -0.368 e. The van der Waals surface area contributed by atoms with E-state index >= 15 is 0 Å². The molecule has 1 rings (SSSR count). The first-order valence-electron chi connectivity index (χ1n) is 4.00.